The van der Waals surface area contributed by atoms with E-state index in [0.29, 0.717) is 0 Å². The fourth-order valence-electron chi connectivity index (χ4n) is 4.63. The summed E-state index contributed by atoms with van der Waals surface area (Å²) in [5.41, 5.74) is 5.28. The lowest BCUT2D eigenvalue weighted by Gasteiger charge is -2.29. The molecule has 8 heteroatoms. The minimum absolute atomic E-state index is 0.136. The molecule has 6 rings (SSSR count). The molecule has 0 bridgehead atoms. The number of hydrogen-bond donors (Lipinski definition) is 2. The van der Waals surface area contributed by atoms with E-state index in [1.165, 1.54) is 22.3 Å². The first-order valence-electron chi connectivity index (χ1n) is 12.7. The number of hydrogen-bond acceptors (Lipinski definition) is 8. The first-order valence-corrected chi connectivity index (χ1v) is 17.1. The summed E-state index contributed by atoms with van der Waals surface area (Å²) in [4.78, 5) is 8.61. The van der Waals surface area contributed by atoms with Crippen molar-refractivity contribution >= 4 is 43.2 Å². The van der Waals surface area contributed by atoms with Gasteiger partial charge < -0.3 is 10.2 Å². The number of rotatable bonds is 6. The molecule has 0 fully saturated rings. The number of aliphatic hydroxyl groups is 2. The summed E-state index contributed by atoms with van der Waals surface area (Å²) < 4.78 is 0. The minimum atomic E-state index is -0.267. The van der Waals surface area contributed by atoms with Gasteiger partial charge in [0.25, 0.3) is 0 Å². The van der Waals surface area contributed by atoms with Crippen LogP contribution in [0.25, 0.3) is 0 Å². The predicted molar refractivity (Wildman–Crippen MR) is 162 cm³/mol. The molecule has 2 aromatic heterocycles. The van der Waals surface area contributed by atoms with Crippen molar-refractivity contribution in [1.29, 1.82) is 0 Å². The molecule has 196 valence electrons. The lowest BCUT2D eigenvalue weighted by Crippen LogP contribution is -2.22. The second kappa shape index (κ2) is 13.9. The molecular weight excluding hydrogens is 549 g/mol. The number of pyridine rings is 2. The maximum Gasteiger partial charge on any atom is 0.106 e. The normalized spacial score (nSPS) is 21.9. The van der Waals surface area contributed by atoms with Gasteiger partial charge in [0.2, 0.25) is 0 Å². The van der Waals surface area contributed by atoms with Crippen molar-refractivity contribution in [2.24, 2.45) is 0 Å². The molecule has 38 heavy (non-hydrogen) atoms. The van der Waals surface area contributed by atoms with Gasteiger partial charge in [-0.25, -0.2) is 9.97 Å². The fourth-order valence-corrected chi connectivity index (χ4v) is 9.90. The van der Waals surface area contributed by atoms with E-state index in [4.69, 9.17) is 0 Å². The minimum Gasteiger partial charge on any atom is -0.392 e. The predicted octanol–water partition coefficient (Wildman–Crippen LogP) is 7.74. The molecule has 0 saturated carbocycles. The highest BCUT2D eigenvalue weighted by Crippen LogP contribution is 2.48. The molecule has 0 radical (unpaired) electrons. The van der Waals surface area contributed by atoms with Gasteiger partial charge in [0.15, 0.2) is 0 Å². The lowest BCUT2D eigenvalue weighted by molar-refractivity contribution is 0.155. The van der Waals surface area contributed by atoms with Crippen LogP contribution in [0.2, 0.25) is 0 Å². The van der Waals surface area contributed by atoms with E-state index >= 15 is 0 Å². The molecule has 2 aromatic carbocycles. The van der Waals surface area contributed by atoms with E-state index in [2.05, 4.69) is 58.5 Å². The number of aliphatic hydroxyl groups excluding tert-OH is 2. The van der Waals surface area contributed by atoms with Crippen molar-refractivity contribution in [2.75, 3.05) is 0 Å². The van der Waals surface area contributed by atoms with Crippen LogP contribution in [-0.4, -0.2) is 32.4 Å². The Balaban J connectivity index is 0.000000155. The summed E-state index contributed by atoms with van der Waals surface area (Å²) in [5, 5.41) is 22.7. The molecule has 0 saturated heterocycles. The number of aromatic nitrogens is 2. The van der Waals surface area contributed by atoms with Gasteiger partial charge in [-0.15, -0.1) is 0 Å². The molecule has 4 nitrogen and oxygen atoms in total. The van der Waals surface area contributed by atoms with Crippen LogP contribution < -0.4 is 0 Å². The van der Waals surface area contributed by atoms with Crippen LogP contribution in [0, 0.1) is 0 Å². The van der Waals surface area contributed by atoms with Crippen molar-refractivity contribution in [1.82, 2.24) is 9.97 Å². The Morgan fingerprint density at radius 3 is 1.39 bits per heavy atom. The Labute approximate surface area is 240 Å². The second-order valence-electron chi connectivity index (χ2n) is 9.15. The van der Waals surface area contributed by atoms with E-state index < -0.39 is 0 Å². The molecule has 0 amide bonds. The zero-order chi connectivity index (χ0) is 26.2. The Hall–Kier alpha value is -1.94. The zero-order valence-electron chi connectivity index (χ0n) is 20.8. The van der Waals surface area contributed by atoms with E-state index in [1.54, 1.807) is 55.6 Å². The van der Waals surface area contributed by atoms with Crippen LogP contribution in [0.4, 0.5) is 0 Å². The molecule has 4 aromatic rings. The summed E-state index contributed by atoms with van der Waals surface area (Å²) in [6, 6.07) is 28.7. The van der Waals surface area contributed by atoms with E-state index in [1.807, 2.05) is 36.4 Å². The fraction of sp³-hybridized carbons (Fsp3) is 0.267. The number of nitrogens with zero attached hydrogens (tertiary/aromatic N) is 2. The highest BCUT2D eigenvalue weighted by molar-refractivity contribution is 8.77. The molecular formula is C30H30N2O2S4. The summed E-state index contributed by atoms with van der Waals surface area (Å²) in [6.07, 6.45) is 6.70. The first kappa shape index (κ1) is 27.6. The van der Waals surface area contributed by atoms with Crippen molar-refractivity contribution in [3.05, 3.63) is 120 Å². The molecule has 2 heterocycles. The number of benzene rings is 2. The highest BCUT2D eigenvalue weighted by atomic mass is 33.1. The van der Waals surface area contributed by atoms with Crippen LogP contribution in [0.15, 0.2) is 107 Å². The average molecular weight is 579 g/mol. The Kier molecular flexibility index (Phi) is 10.1. The van der Waals surface area contributed by atoms with Crippen molar-refractivity contribution in [3.8, 4) is 0 Å². The third-order valence-corrected chi connectivity index (χ3v) is 12.0. The largest absolute Gasteiger partial charge is 0.392 e. The third-order valence-electron chi connectivity index (χ3n) is 6.59. The second-order valence-corrected chi connectivity index (χ2v) is 13.9. The van der Waals surface area contributed by atoms with Gasteiger partial charge in [-0.1, -0.05) is 82.3 Å². The molecule has 2 aliphatic carbocycles. The number of aryl methyl sites for hydroxylation is 2. The summed E-state index contributed by atoms with van der Waals surface area (Å²) >= 11 is 0. The van der Waals surface area contributed by atoms with Gasteiger partial charge in [-0.05, 0) is 93.8 Å². The van der Waals surface area contributed by atoms with Gasteiger partial charge in [0.05, 0.1) is 22.7 Å². The van der Waals surface area contributed by atoms with Crippen LogP contribution >= 0.6 is 43.2 Å². The smallest absolute Gasteiger partial charge is 0.106 e. The van der Waals surface area contributed by atoms with Gasteiger partial charge in [0.1, 0.15) is 10.1 Å². The van der Waals surface area contributed by atoms with Gasteiger partial charge in [-0.3, -0.25) is 0 Å². The molecule has 0 unspecified atom stereocenters. The quantitative estimate of drug-likeness (QED) is 0.225. The third kappa shape index (κ3) is 7.17. The maximum absolute atomic E-state index is 10.2. The number of fused-ring (bicyclic) bond motifs is 2. The SMILES string of the molecule is O[C@@H]1CCc2ccccc2[C@H]1SSc1ccccn1.O[C@H]1CCc2ccccc2[C@@H]1SSc1ccccn1. The molecule has 0 aliphatic heterocycles. The van der Waals surface area contributed by atoms with Crippen LogP contribution in [0.3, 0.4) is 0 Å². The molecule has 2 N–H and O–H groups in total. The van der Waals surface area contributed by atoms with E-state index in [0.717, 1.165) is 35.7 Å². The Morgan fingerprint density at radius 1 is 0.553 bits per heavy atom. The van der Waals surface area contributed by atoms with Gasteiger partial charge in [-0.2, -0.15) is 0 Å². The van der Waals surface area contributed by atoms with Gasteiger partial charge >= 0.3 is 0 Å². The van der Waals surface area contributed by atoms with E-state index in [-0.39, 0.29) is 22.7 Å². The topological polar surface area (TPSA) is 66.2 Å². The van der Waals surface area contributed by atoms with Crippen molar-refractivity contribution < 1.29 is 10.2 Å². The Bertz CT molecular complexity index is 1190. The van der Waals surface area contributed by atoms with Gasteiger partial charge in [0, 0.05) is 12.4 Å². The zero-order valence-corrected chi connectivity index (χ0v) is 24.1. The van der Waals surface area contributed by atoms with Crippen LogP contribution in [0.5, 0.6) is 0 Å². The summed E-state index contributed by atoms with van der Waals surface area (Å²) in [6.45, 7) is 0. The monoisotopic (exact) mass is 578 g/mol. The molecule has 0 spiro atoms. The maximum atomic E-state index is 10.2. The standard InChI is InChI=1S/2C15H15NOS2/c2*17-13-9-8-11-5-1-2-6-12(11)15(13)19-18-14-7-3-4-10-16-14/h2*1-7,10,13,15,17H,8-9H2/t2*13-,15-/m10/s1. The Morgan fingerprint density at radius 2 is 0.974 bits per heavy atom. The molecule has 4 atom stereocenters. The summed E-state index contributed by atoms with van der Waals surface area (Å²) in [7, 11) is 6.69. The lowest BCUT2D eigenvalue weighted by atomic mass is 9.89. The molecule has 2 aliphatic rings. The highest BCUT2D eigenvalue weighted by Gasteiger charge is 2.29. The first-order chi connectivity index (χ1) is 18.7. The van der Waals surface area contributed by atoms with Crippen molar-refractivity contribution in [3.63, 3.8) is 0 Å². The average Bonchev–Trinajstić information content (AvgIpc) is 2.97. The van der Waals surface area contributed by atoms with E-state index in [9.17, 15) is 10.2 Å². The van der Waals surface area contributed by atoms with Crippen molar-refractivity contribution in [2.45, 2.75) is 58.4 Å². The summed E-state index contributed by atoms with van der Waals surface area (Å²) in [5.74, 6) is 0. The van der Waals surface area contributed by atoms with Crippen LogP contribution in [0.1, 0.15) is 45.6 Å². The van der Waals surface area contributed by atoms with Crippen LogP contribution in [-0.2, 0) is 12.8 Å².